The molecule has 1 N–H and O–H groups in total. The van der Waals surface area contributed by atoms with E-state index in [1.165, 1.54) is 6.07 Å². The second kappa shape index (κ2) is 9.47. The normalized spacial score (nSPS) is 10.8. The summed E-state index contributed by atoms with van der Waals surface area (Å²) >= 11 is 0. The molecule has 2 heterocycles. The molecule has 0 unspecified atom stereocenters. The summed E-state index contributed by atoms with van der Waals surface area (Å²) in [6.45, 7) is 3.58. The number of nitrogens with one attached hydrogen (secondary N) is 1. The molecule has 0 spiro atoms. The number of benzene rings is 2. The molecular formula is C24H23N3O6. The topological polar surface area (TPSA) is 104 Å². The molecule has 4 aromatic rings. The molecule has 33 heavy (non-hydrogen) atoms. The molecule has 4 rings (SSSR count). The molecule has 9 nitrogen and oxygen atoms in total. The monoisotopic (exact) mass is 449 g/mol. The zero-order valence-electron chi connectivity index (χ0n) is 18.5. The van der Waals surface area contributed by atoms with Crippen LogP contribution in [0, 0.1) is 13.8 Å². The highest BCUT2D eigenvalue weighted by atomic mass is 16.5. The Morgan fingerprint density at radius 1 is 1.03 bits per heavy atom. The van der Waals surface area contributed by atoms with Crippen LogP contribution in [-0.4, -0.2) is 29.2 Å². The number of methoxy groups -OCH3 is 1. The number of carbonyl (C=O) groups is 1. The van der Waals surface area contributed by atoms with Crippen molar-refractivity contribution in [1.29, 1.82) is 0 Å². The zero-order valence-corrected chi connectivity index (χ0v) is 18.5. The third-order valence-electron chi connectivity index (χ3n) is 4.80. The molecule has 0 bridgehead atoms. The fourth-order valence-corrected chi connectivity index (χ4v) is 3.15. The Bertz CT molecular complexity index is 1340. The average molecular weight is 449 g/mol. The SMILES string of the molecule is COc1ccc(OCC(=O)Nc2ccc(C)c(OCc3cc(=O)n4oc(C)cc4n3)c2)cc1. The van der Waals surface area contributed by atoms with Crippen LogP contribution >= 0.6 is 0 Å². The van der Waals surface area contributed by atoms with E-state index in [1.807, 2.05) is 13.0 Å². The quantitative estimate of drug-likeness (QED) is 0.439. The lowest BCUT2D eigenvalue weighted by Gasteiger charge is -2.12. The van der Waals surface area contributed by atoms with Crippen molar-refractivity contribution in [2.75, 3.05) is 19.0 Å². The molecule has 0 aliphatic rings. The molecule has 1 amide bonds. The average Bonchev–Trinajstić information content (AvgIpc) is 3.19. The van der Waals surface area contributed by atoms with Crippen LogP contribution in [0.3, 0.4) is 0 Å². The molecule has 0 fully saturated rings. The largest absolute Gasteiger partial charge is 0.497 e. The first-order chi connectivity index (χ1) is 15.9. The van der Waals surface area contributed by atoms with Gasteiger partial charge in [0.15, 0.2) is 12.3 Å². The first-order valence-corrected chi connectivity index (χ1v) is 10.2. The van der Waals surface area contributed by atoms with Gasteiger partial charge in [0.1, 0.15) is 29.6 Å². The predicted octanol–water partition coefficient (Wildman–Crippen LogP) is 3.51. The van der Waals surface area contributed by atoms with Gasteiger partial charge in [-0.3, -0.25) is 9.59 Å². The Labute approximate surface area is 189 Å². The number of ether oxygens (including phenoxy) is 3. The summed E-state index contributed by atoms with van der Waals surface area (Å²) in [5.41, 5.74) is 2.02. The van der Waals surface area contributed by atoms with Gasteiger partial charge in [-0.1, -0.05) is 6.07 Å². The summed E-state index contributed by atoms with van der Waals surface area (Å²) in [6, 6.07) is 15.3. The number of aromatic nitrogens is 2. The molecular weight excluding hydrogens is 426 g/mol. The Morgan fingerprint density at radius 2 is 1.79 bits per heavy atom. The van der Waals surface area contributed by atoms with Crippen LogP contribution in [-0.2, 0) is 11.4 Å². The van der Waals surface area contributed by atoms with Crippen molar-refractivity contribution < 1.29 is 23.5 Å². The summed E-state index contributed by atoms with van der Waals surface area (Å²) in [6.07, 6.45) is 0. The van der Waals surface area contributed by atoms with Gasteiger partial charge in [0.2, 0.25) is 0 Å². The summed E-state index contributed by atoms with van der Waals surface area (Å²) in [5.74, 6) is 2.12. The van der Waals surface area contributed by atoms with E-state index in [4.69, 9.17) is 18.7 Å². The molecule has 2 aromatic heterocycles. The van der Waals surface area contributed by atoms with Crippen molar-refractivity contribution in [3.8, 4) is 17.2 Å². The summed E-state index contributed by atoms with van der Waals surface area (Å²) in [4.78, 5) is 28.8. The van der Waals surface area contributed by atoms with Gasteiger partial charge in [0, 0.05) is 23.9 Å². The third kappa shape index (κ3) is 5.32. The van der Waals surface area contributed by atoms with Gasteiger partial charge in [-0.2, -0.15) is 0 Å². The second-order valence-corrected chi connectivity index (χ2v) is 7.37. The number of hydrogen-bond donors (Lipinski definition) is 1. The molecule has 0 aliphatic carbocycles. The highest BCUT2D eigenvalue weighted by Gasteiger charge is 2.10. The highest BCUT2D eigenvalue weighted by molar-refractivity contribution is 5.92. The standard InChI is InChI=1S/C24H23N3O6/c1-15-4-5-17(26-23(28)14-31-20-8-6-19(30-3)7-9-20)11-21(15)32-13-18-12-24(29)27-22(25-18)10-16(2)33-27/h4-12H,13-14H2,1-3H3,(H,26,28). The number of carbonyl (C=O) groups excluding carboxylic acids is 1. The van der Waals surface area contributed by atoms with Crippen LogP contribution in [0.15, 0.2) is 63.9 Å². The molecule has 170 valence electrons. The van der Waals surface area contributed by atoms with Gasteiger partial charge in [0.05, 0.1) is 12.8 Å². The van der Waals surface area contributed by atoms with Gasteiger partial charge in [-0.05, 0) is 49.7 Å². The summed E-state index contributed by atoms with van der Waals surface area (Å²) < 4.78 is 22.9. The van der Waals surface area contributed by atoms with Gasteiger partial charge >= 0.3 is 0 Å². The van der Waals surface area contributed by atoms with E-state index in [0.29, 0.717) is 40.0 Å². The molecule has 0 aliphatic heterocycles. The molecule has 9 heteroatoms. The number of rotatable bonds is 8. The molecule has 0 saturated heterocycles. The minimum absolute atomic E-state index is 0.0921. The van der Waals surface area contributed by atoms with E-state index in [-0.39, 0.29) is 24.7 Å². The summed E-state index contributed by atoms with van der Waals surface area (Å²) in [7, 11) is 1.58. The van der Waals surface area contributed by atoms with Crippen molar-refractivity contribution in [3.05, 3.63) is 82.0 Å². The Balaban J connectivity index is 1.37. The molecule has 0 saturated carbocycles. The minimum Gasteiger partial charge on any atom is -0.497 e. The summed E-state index contributed by atoms with van der Waals surface area (Å²) in [5, 5.41) is 2.79. The van der Waals surface area contributed by atoms with Gasteiger partial charge < -0.3 is 24.1 Å². The van der Waals surface area contributed by atoms with Gasteiger partial charge in [-0.25, -0.2) is 4.98 Å². The zero-order chi connectivity index (χ0) is 23.4. The lowest BCUT2D eigenvalue weighted by Crippen LogP contribution is -2.20. The van der Waals surface area contributed by atoms with Crippen LogP contribution in [0.2, 0.25) is 0 Å². The van der Waals surface area contributed by atoms with Crippen LogP contribution < -0.4 is 25.1 Å². The van der Waals surface area contributed by atoms with Crippen molar-refractivity contribution in [1.82, 2.24) is 9.56 Å². The smallest absolute Gasteiger partial charge is 0.287 e. The first kappa shape index (κ1) is 21.9. The fourth-order valence-electron chi connectivity index (χ4n) is 3.15. The Kier molecular flexibility index (Phi) is 6.30. The number of aryl methyl sites for hydroxylation is 2. The molecule has 0 atom stereocenters. The minimum atomic E-state index is -0.318. The van der Waals surface area contributed by atoms with Gasteiger partial charge in [0.25, 0.3) is 11.5 Å². The maximum atomic E-state index is 12.3. The van der Waals surface area contributed by atoms with Crippen LogP contribution in [0.1, 0.15) is 17.0 Å². The van der Waals surface area contributed by atoms with E-state index in [9.17, 15) is 9.59 Å². The van der Waals surface area contributed by atoms with Crippen molar-refractivity contribution in [2.45, 2.75) is 20.5 Å². The highest BCUT2D eigenvalue weighted by Crippen LogP contribution is 2.24. The molecule has 0 radical (unpaired) electrons. The first-order valence-electron chi connectivity index (χ1n) is 10.2. The van der Waals surface area contributed by atoms with E-state index >= 15 is 0 Å². The van der Waals surface area contributed by atoms with Gasteiger partial charge in [-0.15, -0.1) is 4.57 Å². The van der Waals surface area contributed by atoms with Crippen LogP contribution in [0.4, 0.5) is 5.69 Å². The van der Waals surface area contributed by atoms with E-state index < -0.39 is 0 Å². The van der Waals surface area contributed by atoms with Crippen LogP contribution in [0.5, 0.6) is 17.2 Å². The van der Waals surface area contributed by atoms with E-state index in [0.717, 1.165) is 10.1 Å². The number of nitrogens with zero attached hydrogens (tertiary/aromatic N) is 2. The van der Waals surface area contributed by atoms with Crippen molar-refractivity contribution >= 4 is 17.2 Å². The van der Waals surface area contributed by atoms with Crippen molar-refractivity contribution in [3.63, 3.8) is 0 Å². The Hall–Kier alpha value is -4.27. The number of anilines is 1. The Morgan fingerprint density at radius 3 is 2.55 bits per heavy atom. The number of fused-ring (bicyclic) bond motifs is 1. The number of amides is 1. The fraction of sp³-hybridized carbons (Fsp3) is 0.208. The maximum Gasteiger partial charge on any atom is 0.287 e. The van der Waals surface area contributed by atoms with E-state index in [2.05, 4.69) is 10.3 Å². The molecule has 2 aromatic carbocycles. The maximum absolute atomic E-state index is 12.3. The second-order valence-electron chi connectivity index (χ2n) is 7.37. The van der Waals surface area contributed by atoms with Crippen LogP contribution in [0.25, 0.3) is 5.65 Å². The third-order valence-corrected chi connectivity index (χ3v) is 4.80. The lowest BCUT2D eigenvalue weighted by molar-refractivity contribution is -0.118. The van der Waals surface area contributed by atoms with E-state index in [1.54, 1.807) is 56.5 Å². The predicted molar refractivity (Wildman–Crippen MR) is 121 cm³/mol. The lowest BCUT2D eigenvalue weighted by atomic mass is 10.2. The van der Waals surface area contributed by atoms with Crippen molar-refractivity contribution in [2.24, 2.45) is 0 Å². The number of hydrogen-bond acceptors (Lipinski definition) is 7.